The second-order valence-electron chi connectivity index (χ2n) is 7.82. The number of aryl methyl sites for hydroxylation is 3. The van der Waals surface area contributed by atoms with Gasteiger partial charge in [0.1, 0.15) is 10.6 Å². The number of rotatable bonds is 7. The van der Waals surface area contributed by atoms with Gasteiger partial charge >= 0.3 is 0 Å². The van der Waals surface area contributed by atoms with Gasteiger partial charge < -0.3 is 10.1 Å². The SMILES string of the molecule is C=C(C)Cn1c(SCC(=O)Nc2cc(C)ccc2OC)nc2sc3c(c2c1=O)CCC3. The molecule has 6 nitrogen and oxygen atoms in total. The first-order valence-corrected chi connectivity index (χ1v) is 11.9. The molecule has 3 aromatic rings. The van der Waals surface area contributed by atoms with Gasteiger partial charge in [-0.15, -0.1) is 11.3 Å². The highest BCUT2D eigenvalue weighted by atomic mass is 32.2. The van der Waals surface area contributed by atoms with E-state index in [0.717, 1.165) is 46.2 Å². The number of fused-ring (bicyclic) bond motifs is 3. The van der Waals surface area contributed by atoms with Gasteiger partial charge in [-0.3, -0.25) is 14.2 Å². The van der Waals surface area contributed by atoms with Gasteiger partial charge in [-0.1, -0.05) is 30.0 Å². The van der Waals surface area contributed by atoms with Crippen LogP contribution in [0.1, 0.15) is 29.3 Å². The zero-order valence-corrected chi connectivity index (χ0v) is 19.5. The molecular formula is C23H25N3O3S2. The van der Waals surface area contributed by atoms with Crippen molar-refractivity contribution >= 4 is 44.9 Å². The third-order valence-electron chi connectivity index (χ3n) is 5.18. The predicted octanol–water partition coefficient (Wildman–Crippen LogP) is 4.57. The van der Waals surface area contributed by atoms with Crippen LogP contribution >= 0.6 is 23.1 Å². The number of carbonyl (C=O) groups is 1. The Morgan fingerprint density at radius 2 is 2.19 bits per heavy atom. The number of methoxy groups -OCH3 is 1. The number of amides is 1. The van der Waals surface area contributed by atoms with E-state index in [0.29, 0.717) is 23.1 Å². The lowest BCUT2D eigenvalue weighted by Crippen LogP contribution is -2.24. The lowest BCUT2D eigenvalue weighted by molar-refractivity contribution is -0.113. The Hall–Kier alpha value is -2.58. The molecule has 1 aliphatic rings. The number of allylic oxidation sites excluding steroid dienone is 1. The van der Waals surface area contributed by atoms with E-state index in [2.05, 4.69) is 11.9 Å². The lowest BCUT2D eigenvalue weighted by Gasteiger charge is -2.13. The number of aromatic nitrogens is 2. The van der Waals surface area contributed by atoms with Gasteiger partial charge in [0.15, 0.2) is 5.16 Å². The second-order valence-corrected chi connectivity index (χ2v) is 9.85. The maximum Gasteiger partial charge on any atom is 0.263 e. The summed E-state index contributed by atoms with van der Waals surface area (Å²) in [5, 5.41) is 4.20. The number of thiophene rings is 1. The first-order valence-electron chi connectivity index (χ1n) is 10.1. The Morgan fingerprint density at radius 3 is 2.94 bits per heavy atom. The monoisotopic (exact) mass is 455 g/mol. The molecule has 0 unspecified atom stereocenters. The van der Waals surface area contributed by atoms with Gasteiger partial charge in [-0.25, -0.2) is 4.98 Å². The molecule has 4 rings (SSSR count). The number of anilines is 1. The third kappa shape index (κ3) is 4.41. The van der Waals surface area contributed by atoms with Crippen LogP contribution < -0.4 is 15.6 Å². The fourth-order valence-corrected chi connectivity index (χ4v) is 5.91. The van der Waals surface area contributed by atoms with E-state index < -0.39 is 0 Å². The maximum absolute atomic E-state index is 13.3. The minimum absolute atomic E-state index is 0.0318. The predicted molar refractivity (Wildman–Crippen MR) is 128 cm³/mol. The summed E-state index contributed by atoms with van der Waals surface area (Å²) in [4.78, 5) is 32.8. The van der Waals surface area contributed by atoms with Crippen LogP contribution in [0.3, 0.4) is 0 Å². The standard InChI is InChI=1S/C23H25N3O3S2/c1-13(2)11-26-22(28)20-15-6-5-7-18(15)31-21(20)25-23(26)30-12-19(27)24-16-10-14(3)8-9-17(16)29-4/h8-10H,1,5-7,11-12H2,2-4H3,(H,24,27). The molecule has 1 amide bonds. The number of hydrogen-bond donors (Lipinski definition) is 1. The van der Waals surface area contributed by atoms with E-state index in [4.69, 9.17) is 9.72 Å². The summed E-state index contributed by atoms with van der Waals surface area (Å²) < 4.78 is 6.99. The van der Waals surface area contributed by atoms with E-state index in [-0.39, 0.29) is 17.2 Å². The molecule has 2 aromatic heterocycles. The quantitative estimate of drug-likeness (QED) is 0.321. The largest absolute Gasteiger partial charge is 0.495 e. The van der Waals surface area contributed by atoms with Gasteiger partial charge in [0.05, 0.1) is 23.9 Å². The average molecular weight is 456 g/mol. The molecule has 0 saturated heterocycles. The van der Waals surface area contributed by atoms with Crippen molar-refractivity contribution < 1.29 is 9.53 Å². The van der Waals surface area contributed by atoms with Crippen LogP contribution in [-0.4, -0.2) is 28.3 Å². The highest BCUT2D eigenvalue weighted by Crippen LogP contribution is 2.35. The molecule has 0 radical (unpaired) electrons. The highest BCUT2D eigenvalue weighted by molar-refractivity contribution is 7.99. The van der Waals surface area contributed by atoms with Crippen LogP contribution in [0.15, 0.2) is 40.3 Å². The Bertz CT molecular complexity index is 1240. The van der Waals surface area contributed by atoms with E-state index in [1.54, 1.807) is 23.0 Å². The molecular weight excluding hydrogens is 430 g/mol. The number of nitrogens with zero attached hydrogens (tertiary/aromatic N) is 2. The van der Waals surface area contributed by atoms with Crippen LogP contribution in [0.5, 0.6) is 5.75 Å². The van der Waals surface area contributed by atoms with Crippen molar-refractivity contribution in [1.82, 2.24) is 9.55 Å². The number of ether oxygens (including phenoxy) is 1. The zero-order chi connectivity index (χ0) is 22.1. The van der Waals surface area contributed by atoms with Crippen LogP contribution in [0, 0.1) is 6.92 Å². The number of carbonyl (C=O) groups excluding carboxylic acids is 1. The van der Waals surface area contributed by atoms with Crippen molar-refractivity contribution in [1.29, 1.82) is 0 Å². The summed E-state index contributed by atoms with van der Waals surface area (Å²) >= 11 is 2.88. The van der Waals surface area contributed by atoms with Crippen molar-refractivity contribution in [2.45, 2.75) is 44.8 Å². The molecule has 162 valence electrons. The van der Waals surface area contributed by atoms with E-state index in [1.807, 2.05) is 32.0 Å². The molecule has 0 atom stereocenters. The summed E-state index contributed by atoms with van der Waals surface area (Å²) in [6, 6.07) is 5.63. The summed E-state index contributed by atoms with van der Waals surface area (Å²) in [7, 11) is 1.57. The highest BCUT2D eigenvalue weighted by Gasteiger charge is 2.23. The van der Waals surface area contributed by atoms with Crippen molar-refractivity contribution in [2.24, 2.45) is 0 Å². The molecule has 0 bridgehead atoms. The van der Waals surface area contributed by atoms with E-state index in [9.17, 15) is 9.59 Å². The van der Waals surface area contributed by atoms with Gasteiger partial charge in [-0.2, -0.15) is 0 Å². The molecule has 1 aromatic carbocycles. The number of thioether (sulfide) groups is 1. The second kappa shape index (κ2) is 8.88. The molecule has 0 spiro atoms. The first-order chi connectivity index (χ1) is 14.9. The normalized spacial score (nSPS) is 12.7. The summed E-state index contributed by atoms with van der Waals surface area (Å²) in [6.07, 6.45) is 3.04. The Morgan fingerprint density at radius 1 is 1.39 bits per heavy atom. The Balaban J connectivity index is 1.60. The fourth-order valence-electron chi connectivity index (χ4n) is 3.81. The zero-order valence-electron chi connectivity index (χ0n) is 17.9. The first kappa shape index (κ1) is 21.6. The molecule has 8 heteroatoms. The summed E-state index contributed by atoms with van der Waals surface area (Å²) in [5.41, 5.74) is 3.65. The minimum Gasteiger partial charge on any atom is -0.495 e. The molecule has 2 heterocycles. The Kier molecular flexibility index (Phi) is 6.20. The van der Waals surface area contributed by atoms with Crippen molar-refractivity contribution in [3.05, 3.63) is 56.7 Å². The number of hydrogen-bond acceptors (Lipinski definition) is 6. The van der Waals surface area contributed by atoms with Crippen molar-refractivity contribution in [3.63, 3.8) is 0 Å². The molecule has 0 fully saturated rings. The summed E-state index contributed by atoms with van der Waals surface area (Å²) in [6.45, 7) is 8.20. The Labute approximate surface area is 189 Å². The van der Waals surface area contributed by atoms with Crippen LogP contribution in [0.2, 0.25) is 0 Å². The topological polar surface area (TPSA) is 73.2 Å². The third-order valence-corrected chi connectivity index (χ3v) is 7.34. The van der Waals surface area contributed by atoms with Crippen LogP contribution in [-0.2, 0) is 24.2 Å². The fraction of sp³-hybridized carbons (Fsp3) is 0.348. The van der Waals surface area contributed by atoms with E-state index in [1.165, 1.54) is 16.6 Å². The van der Waals surface area contributed by atoms with Gasteiger partial charge in [0, 0.05) is 11.4 Å². The van der Waals surface area contributed by atoms with E-state index >= 15 is 0 Å². The van der Waals surface area contributed by atoms with Gasteiger partial charge in [-0.05, 0) is 56.4 Å². The smallest absolute Gasteiger partial charge is 0.263 e. The molecule has 0 aliphatic heterocycles. The molecule has 0 saturated carbocycles. The number of benzene rings is 1. The molecule has 1 N–H and O–H groups in total. The molecule has 31 heavy (non-hydrogen) atoms. The van der Waals surface area contributed by atoms with Crippen LogP contribution in [0.25, 0.3) is 10.2 Å². The molecule has 1 aliphatic carbocycles. The number of nitrogens with one attached hydrogen (secondary N) is 1. The minimum atomic E-state index is -0.182. The lowest BCUT2D eigenvalue weighted by atomic mass is 10.2. The summed E-state index contributed by atoms with van der Waals surface area (Å²) in [5.74, 6) is 0.561. The van der Waals surface area contributed by atoms with Crippen LogP contribution in [0.4, 0.5) is 5.69 Å². The van der Waals surface area contributed by atoms with Crippen molar-refractivity contribution in [2.75, 3.05) is 18.2 Å². The van der Waals surface area contributed by atoms with Gasteiger partial charge in [0.25, 0.3) is 5.56 Å². The maximum atomic E-state index is 13.3. The average Bonchev–Trinajstić information content (AvgIpc) is 3.29. The van der Waals surface area contributed by atoms with Gasteiger partial charge in [0.2, 0.25) is 5.91 Å². The van der Waals surface area contributed by atoms with Crippen molar-refractivity contribution in [3.8, 4) is 5.75 Å².